The molecule has 2 rings (SSSR count). The van der Waals surface area contributed by atoms with Crippen molar-refractivity contribution < 1.29 is 9.90 Å². The van der Waals surface area contributed by atoms with Crippen LogP contribution < -0.4 is 5.32 Å². The Bertz CT molecular complexity index is 720. The normalized spacial score (nSPS) is 13.3. The van der Waals surface area contributed by atoms with Gasteiger partial charge in [-0.15, -0.1) is 11.8 Å². The first-order valence-corrected chi connectivity index (χ1v) is 9.23. The molecule has 2 aromatic carbocycles. The summed E-state index contributed by atoms with van der Waals surface area (Å²) in [6.45, 7) is 6.51. The maximum atomic E-state index is 11.0. The zero-order valence-electron chi connectivity index (χ0n) is 14.0. The fourth-order valence-corrected chi connectivity index (χ4v) is 3.85. The minimum Gasteiger partial charge on any atom is -0.478 e. The van der Waals surface area contributed by atoms with E-state index in [0.717, 1.165) is 12.1 Å². The van der Waals surface area contributed by atoms with E-state index >= 15 is 0 Å². The summed E-state index contributed by atoms with van der Waals surface area (Å²) < 4.78 is 0. The number of anilines is 1. The van der Waals surface area contributed by atoms with E-state index < -0.39 is 5.97 Å². The van der Waals surface area contributed by atoms with Gasteiger partial charge >= 0.3 is 5.97 Å². The van der Waals surface area contributed by atoms with Gasteiger partial charge in [-0.2, -0.15) is 0 Å². The first-order chi connectivity index (χ1) is 11.4. The molecule has 2 atom stereocenters. The highest BCUT2D eigenvalue weighted by Crippen LogP contribution is 2.33. The largest absolute Gasteiger partial charge is 0.478 e. The Labute approximate surface area is 152 Å². The smallest absolute Gasteiger partial charge is 0.337 e. The number of aromatic carboxylic acids is 1. The maximum Gasteiger partial charge on any atom is 0.337 e. The van der Waals surface area contributed by atoms with E-state index in [-0.39, 0.29) is 16.0 Å². The molecule has 24 heavy (non-hydrogen) atoms. The van der Waals surface area contributed by atoms with Crippen molar-refractivity contribution in [1.82, 2.24) is 0 Å². The maximum absolute atomic E-state index is 11.0. The zero-order valence-corrected chi connectivity index (χ0v) is 15.6. The summed E-state index contributed by atoms with van der Waals surface area (Å²) in [4.78, 5) is 12.3. The summed E-state index contributed by atoms with van der Waals surface area (Å²) in [6.07, 6.45) is 1.10. The number of nitrogens with one attached hydrogen (secondary N) is 1. The molecule has 0 radical (unpaired) electrons. The van der Waals surface area contributed by atoms with Gasteiger partial charge in [-0.1, -0.05) is 43.6 Å². The second-order valence-corrected chi connectivity index (χ2v) is 7.54. The fraction of sp³-hybridized carbons (Fsp3) is 0.316. The number of rotatable bonds is 7. The average Bonchev–Trinajstić information content (AvgIpc) is 2.54. The molecule has 5 heteroatoms. The minimum atomic E-state index is -1.02. The van der Waals surface area contributed by atoms with Gasteiger partial charge in [0.15, 0.2) is 0 Å². The Morgan fingerprint density at radius 3 is 2.58 bits per heavy atom. The monoisotopic (exact) mass is 363 g/mol. The van der Waals surface area contributed by atoms with Crippen LogP contribution in [0.2, 0.25) is 5.02 Å². The highest BCUT2D eigenvalue weighted by atomic mass is 35.5. The van der Waals surface area contributed by atoms with Gasteiger partial charge < -0.3 is 10.4 Å². The third kappa shape index (κ3) is 4.68. The number of halogens is 1. The second kappa shape index (κ2) is 8.45. The van der Waals surface area contributed by atoms with Crippen LogP contribution in [-0.2, 0) is 0 Å². The molecule has 3 nitrogen and oxygen atoms in total. The third-order valence-electron chi connectivity index (χ3n) is 3.94. The Morgan fingerprint density at radius 2 is 1.96 bits per heavy atom. The van der Waals surface area contributed by atoms with Crippen molar-refractivity contribution in [3.8, 4) is 0 Å². The third-order valence-corrected chi connectivity index (χ3v) is 5.35. The van der Waals surface area contributed by atoms with Crippen LogP contribution in [0, 0.1) is 0 Å². The van der Waals surface area contributed by atoms with Gasteiger partial charge in [0.2, 0.25) is 0 Å². The summed E-state index contributed by atoms with van der Waals surface area (Å²) in [5.41, 5.74) is 2.29. The van der Waals surface area contributed by atoms with E-state index in [1.54, 1.807) is 23.9 Å². The van der Waals surface area contributed by atoms with Gasteiger partial charge in [0.25, 0.3) is 0 Å². The summed E-state index contributed by atoms with van der Waals surface area (Å²) in [6, 6.07) is 13.4. The van der Waals surface area contributed by atoms with E-state index in [9.17, 15) is 4.79 Å². The number of hydrogen-bond acceptors (Lipinski definition) is 3. The number of hydrogen-bond donors (Lipinski definition) is 2. The summed E-state index contributed by atoms with van der Waals surface area (Å²) in [5.74, 6) is -0.498. The van der Waals surface area contributed by atoms with Gasteiger partial charge in [-0.25, -0.2) is 4.79 Å². The number of carboxylic acids is 1. The number of carbonyl (C=O) groups is 1. The van der Waals surface area contributed by atoms with Crippen molar-refractivity contribution in [3.05, 3.63) is 58.6 Å². The van der Waals surface area contributed by atoms with Crippen molar-refractivity contribution >= 4 is 35.0 Å². The Hall–Kier alpha value is -1.65. The van der Waals surface area contributed by atoms with E-state index in [1.165, 1.54) is 16.5 Å². The van der Waals surface area contributed by atoms with Crippen molar-refractivity contribution in [3.63, 3.8) is 0 Å². The van der Waals surface area contributed by atoms with Crippen LogP contribution in [0.5, 0.6) is 0 Å². The highest BCUT2D eigenvalue weighted by Gasteiger charge is 2.13. The molecule has 128 valence electrons. The molecule has 0 bridgehead atoms. The minimum absolute atomic E-state index is 0.115. The first-order valence-electron chi connectivity index (χ1n) is 7.97. The van der Waals surface area contributed by atoms with E-state index in [4.69, 9.17) is 16.7 Å². The van der Waals surface area contributed by atoms with E-state index in [1.807, 2.05) is 0 Å². The van der Waals surface area contributed by atoms with Gasteiger partial charge in [0.1, 0.15) is 0 Å². The molecule has 0 aliphatic heterocycles. The van der Waals surface area contributed by atoms with Gasteiger partial charge in [0, 0.05) is 10.6 Å². The SMILES string of the molecule is CCC(C)c1ccccc1SC(C)Nc1ccc(C(=O)O)c(Cl)c1. The molecule has 0 saturated heterocycles. The van der Waals surface area contributed by atoms with Crippen molar-refractivity contribution in [1.29, 1.82) is 0 Å². The molecule has 2 N–H and O–H groups in total. The molecular formula is C19H22ClNO2S. The molecule has 2 aromatic rings. The summed E-state index contributed by atoms with van der Waals surface area (Å²) >= 11 is 7.78. The molecule has 0 amide bonds. The number of carboxylic acid groups (broad SMARTS) is 1. The van der Waals surface area contributed by atoms with Crippen LogP contribution >= 0.6 is 23.4 Å². The van der Waals surface area contributed by atoms with Crippen molar-refractivity contribution in [2.24, 2.45) is 0 Å². The molecule has 0 saturated carbocycles. The van der Waals surface area contributed by atoms with Crippen molar-refractivity contribution in [2.75, 3.05) is 5.32 Å². The predicted molar refractivity (Wildman–Crippen MR) is 103 cm³/mol. The molecule has 0 aliphatic rings. The zero-order chi connectivity index (χ0) is 17.7. The van der Waals surface area contributed by atoms with Crippen LogP contribution in [-0.4, -0.2) is 16.4 Å². The quantitative estimate of drug-likeness (QED) is 0.460. The second-order valence-electron chi connectivity index (χ2n) is 5.75. The lowest BCUT2D eigenvalue weighted by Gasteiger charge is -2.19. The van der Waals surface area contributed by atoms with Crippen LogP contribution in [0.1, 0.15) is 49.0 Å². The van der Waals surface area contributed by atoms with Crippen LogP contribution in [0.15, 0.2) is 47.4 Å². The van der Waals surface area contributed by atoms with Crippen LogP contribution in [0.25, 0.3) is 0 Å². The molecule has 0 aliphatic carbocycles. The molecule has 0 fully saturated rings. The Kier molecular flexibility index (Phi) is 6.58. The lowest BCUT2D eigenvalue weighted by Crippen LogP contribution is -2.11. The van der Waals surface area contributed by atoms with Gasteiger partial charge in [-0.05, 0) is 49.1 Å². The fourth-order valence-electron chi connectivity index (χ4n) is 2.45. The van der Waals surface area contributed by atoms with Crippen molar-refractivity contribution in [2.45, 2.75) is 43.4 Å². The Morgan fingerprint density at radius 1 is 1.25 bits per heavy atom. The standard InChI is InChI=1S/C19H22ClNO2S/c1-4-12(2)15-7-5-6-8-18(15)24-13(3)21-14-9-10-16(19(22)23)17(20)11-14/h5-13,21H,4H2,1-3H3,(H,22,23). The van der Waals surface area contributed by atoms with Crippen LogP contribution in [0.4, 0.5) is 5.69 Å². The Balaban J connectivity index is 2.10. The molecule has 0 heterocycles. The first kappa shape index (κ1) is 18.7. The molecular weight excluding hydrogens is 342 g/mol. The summed E-state index contributed by atoms with van der Waals surface area (Å²) in [5, 5.41) is 12.8. The van der Waals surface area contributed by atoms with Gasteiger partial charge in [-0.3, -0.25) is 0 Å². The number of thioether (sulfide) groups is 1. The lowest BCUT2D eigenvalue weighted by molar-refractivity contribution is 0.0697. The molecule has 2 unspecified atom stereocenters. The van der Waals surface area contributed by atoms with Crippen LogP contribution in [0.3, 0.4) is 0 Å². The number of benzene rings is 2. The molecule has 0 aromatic heterocycles. The van der Waals surface area contributed by atoms with E-state index in [2.05, 4.69) is 50.4 Å². The molecule has 0 spiro atoms. The average molecular weight is 364 g/mol. The lowest BCUT2D eigenvalue weighted by atomic mass is 9.99. The summed E-state index contributed by atoms with van der Waals surface area (Å²) in [7, 11) is 0. The van der Waals surface area contributed by atoms with Gasteiger partial charge in [0.05, 0.1) is 16.0 Å². The highest BCUT2D eigenvalue weighted by molar-refractivity contribution is 8.00. The topological polar surface area (TPSA) is 49.3 Å². The van der Waals surface area contributed by atoms with E-state index in [0.29, 0.717) is 5.92 Å². The predicted octanol–water partition coefficient (Wildman–Crippen LogP) is 6.10.